The molecule has 0 radical (unpaired) electrons. The van der Waals surface area contributed by atoms with Gasteiger partial charge in [0.1, 0.15) is 11.2 Å². The van der Waals surface area contributed by atoms with Crippen molar-refractivity contribution in [2.75, 3.05) is 0 Å². The number of nitrogens with one attached hydrogen (secondary N) is 1. The predicted molar refractivity (Wildman–Crippen MR) is 269 cm³/mol. The minimum Gasteiger partial charge on any atom is -0.456 e. The molecule has 1 N–H and O–H groups in total. The molecule has 0 spiro atoms. The van der Waals surface area contributed by atoms with Gasteiger partial charge in [-0.1, -0.05) is 177 Å². The maximum atomic E-state index is 6.87. The van der Waals surface area contributed by atoms with Crippen LogP contribution in [-0.4, -0.2) is 4.57 Å². The van der Waals surface area contributed by atoms with Crippen LogP contribution >= 0.6 is 0 Å². The summed E-state index contributed by atoms with van der Waals surface area (Å²) in [5.74, 6) is 0.334. The second kappa shape index (κ2) is 14.6. The molecule has 64 heavy (non-hydrogen) atoms. The third-order valence-corrected chi connectivity index (χ3v) is 14.2. The topological polar surface area (TPSA) is 30.1 Å². The lowest BCUT2D eigenvalue weighted by molar-refractivity contribution is 0.369. The quantitative estimate of drug-likeness (QED) is 0.175. The normalized spacial score (nSPS) is 16.8. The first-order valence-corrected chi connectivity index (χ1v) is 22.5. The van der Waals surface area contributed by atoms with Crippen molar-refractivity contribution >= 4 is 81.8 Å². The lowest BCUT2D eigenvalue weighted by Crippen LogP contribution is -2.27. The lowest BCUT2D eigenvalue weighted by atomic mass is 9.77. The fourth-order valence-electron chi connectivity index (χ4n) is 11.0. The van der Waals surface area contributed by atoms with E-state index in [2.05, 4.69) is 229 Å². The van der Waals surface area contributed by atoms with E-state index in [4.69, 9.17) is 4.42 Å². The maximum absolute atomic E-state index is 6.87. The van der Waals surface area contributed by atoms with Crippen molar-refractivity contribution in [2.24, 2.45) is 5.92 Å². The fourth-order valence-corrected chi connectivity index (χ4v) is 11.0. The molecule has 3 heteroatoms. The number of aromatic nitrogens is 1. The molecule has 0 saturated carbocycles. The highest BCUT2D eigenvalue weighted by Crippen LogP contribution is 2.47. The van der Waals surface area contributed by atoms with Gasteiger partial charge >= 0.3 is 0 Å². The molecule has 10 aromatic carbocycles. The fraction of sp³-hybridized carbons (Fsp3) is 0.0820. The molecule has 0 bridgehead atoms. The van der Waals surface area contributed by atoms with E-state index in [9.17, 15) is 0 Å². The molecule has 0 amide bonds. The van der Waals surface area contributed by atoms with Gasteiger partial charge in [-0.25, -0.2) is 0 Å². The van der Waals surface area contributed by atoms with Crippen LogP contribution in [0.4, 0.5) is 0 Å². The van der Waals surface area contributed by atoms with Crippen LogP contribution < -0.4 is 5.32 Å². The van der Waals surface area contributed by atoms with Crippen LogP contribution in [-0.2, 0) is 0 Å². The molecular formula is C61H44N2O. The molecule has 3 unspecified atom stereocenters. The van der Waals surface area contributed by atoms with E-state index in [1.165, 1.54) is 93.0 Å². The zero-order chi connectivity index (χ0) is 42.3. The highest BCUT2D eigenvalue weighted by atomic mass is 16.3. The van der Waals surface area contributed by atoms with Gasteiger partial charge in [-0.15, -0.1) is 0 Å². The molecule has 2 aromatic heterocycles. The molecule has 304 valence electrons. The summed E-state index contributed by atoms with van der Waals surface area (Å²) >= 11 is 0. The Hall–Kier alpha value is -7.88. The van der Waals surface area contributed by atoms with Gasteiger partial charge in [0.15, 0.2) is 0 Å². The Kier molecular flexibility index (Phi) is 8.39. The molecular weight excluding hydrogens is 777 g/mol. The molecule has 1 aliphatic rings. The zero-order valence-electron chi connectivity index (χ0n) is 35.5. The highest BCUT2D eigenvalue weighted by molar-refractivity contribution is 6.14. The highest BCUT2D eigenvalue weighted by Gasteiger charge is 2.34. The minimum absolute atomic E-state index is 0.0207. The standard InChI is InChI=1S/C61H44N2O/c1-38-48(31-32-55(46-29-30-50-45(33-46)28-25-41-15-7-8-18-49(41)50)62-61(38)42-26-23-40(24-27-42)39-13-3-2-4-14-39)54-36-47(37-59-60(54)52-20-10-12-22-58(52)64-59)63-56-21-11-9-19-51(56)53-34-43-16-5-6-17-44(43)35-57(53)63/h2-30,32-38,48,61-62H,31H2,1H3. The molecule has 3 heterocycles. The summed E-state index contributed by atoms with van der Waals surface area (Å²) in [6.07, 6.45) is 3.32. The van der Waals surface area contributed by atoms with Gasteiger partial charge in [0.05, 0.1) is 22.8 Å². The molecule has 0 fully saturated rings. The Morgan fingerprint density at radius 2 is 1.12 bits per heavy atom. The SMILES string of the molecule is CC1C(c2cc(-n3c4ccccc4c4cc5ccccc5cc43)cc3oc4ccccc4c23)CC=C(c2ccc3c(ccc4ccccc43)c2)NC1c1ccc(-c2ccccc2)cc1. The summed E-state index contributed by atoms with van der Waals surface area (Å²) in [6.45, 7) is 2.45. The number of rotatable bonds is 5. The number of allylic oxidation sites excluding steroid dienone is 1. The number of furan rings is 1. The summed E-state index contributed by atoms with van der Waals surface area (Å²) in [4.78, 5) is 0. The van der Waals surface area contributed by atoms with E-state index in [1.54, 1.807) is 0 Å². The number of hydrogen-bond acceptors (Lipinski definition) is 2. The molecule has 13 rings (SSSR count). The predicted octanol–water partition coefficient (Wildman–Crippen LogP) is 16.3. The molecule has 1 aliphatic heterocycles. The van der Waals surface area contributed by atoms with Crippen molar-refractivity contribution in [3.8, 4) is 16.8 Å². The van der Waals surface area contributed by atoms with Crippen LogP contribution in [0.25, 0.3) is 98.6 Å². The number of benzene rings is 10. The maximum Gasteiger partial charge on any atom is 0.137 e. The number of fused-ring (bicyclic) bond motifs is 10. The first kappa shape index (κ1) is 36.7. The first-order valence-electron chi connectivity index (χ1n) is 22.5. The molecule has 0 aliphatic carbocycles. The van der Waals surface area contributed by atoms with Crippen molar-refractivity contribution in [3.05, 3.63) is 229 Å². The van der Waals surface area contributed by atoms with Gasteiger partial charge in [0, 0.05) is 33.3 Å². The molecule has 12 aromatic rings. The molecule has 3 nitrogen and oxygen atoms in total. The Labute approximate surface area is 371 Å². The number of nitrogens with zero attached hydrogens (tertiary/aromatic N) is 1. The Balaban J connectivity index is 1.02. The Bertz CT molecular complexity index is 3820. The van der Waals surface area contributed by atoms with E-state index in [0.29, 0.717) is 0 Å². The van der Waals surface area contributed by atoms with Gasteiger partial charge in [-0.3, -0.25) is 0 Å². The largest absolute Gasteiger partial charge is 0.456 e. The van der Waals surface area contributed by atoms with Crippen LogP contribution in [0.15, 0.2) is 217 Å². The summed E-state index contributed by atoms with van der Waals surface area (Å²) in [5, 5.41) is 16.6. The minimum atomic E-state index is 0.0207. The summed E-state index contributed by atoms with van der Waals surface area (Å²) in [6, 6.07) is 75.8. The number of para-hydroxylation sites is 2. The average molecular weight is 821 g/mol. The van der Waals surface area contributed by atoms with Crippen LogP contribution in [0, 0.1) is 5.92 Å². The van der Waals surface area contributed by atoms with Gasteiger partial charge in [0.2, 0.25) is 0 Å². The summed E-state index contributed by atoms with van der Waals surface area (Å²) < 4.78 is 9.33. The third kappa shape index (κ3) is 5.88. The van der Waals surface area contributed by atoms with E-state index < -0.39 is 0 Å². The van der Waals surface area contributed by atoms with Gasteiger partial charge in [-0.2, -0.15) is 0 Å². The number of hydrogen-bond donors (Lipinski definition) is 1. The summed E-state index contributed by atoms with van der Waals surface area (Å²) in [5.41, 5.74) is 12.7. The Morgan fingerprint density at radius 3 is 1.97 bits per heavy atom. The zero-order valence-corrected chi connectivity index (χ0v) is 35.5. The van der Waals surface area contributed by atoms with Crippen LogP contribution in [0.5, 0.6) is 0 Å². The average Bonchev–Trinajstić information content (AvgIpc) is 3.83. The van der Waals surface area contributed by atoms with Crippen molar-refractivity contribution in [2.45, 2.75) is 25.3 Å². The van der Waals surface area contributed by atoms with Crippen molar-refractivity contribution in [1.29, 1.82) is 0 Å². The van der Waals surface area contributed by atoms with Crippen LogP contribution in [0.3, 0.4) is 0 Å². The second-order valence-electron chi connectivity index (χ2n) is 17.7. The van der Waals surface area contributed by atoms with Gasteiger partial charge in [0.25, 0.3) is 0 Å². The van der Waals surface area contributed by atoms with Gasteiger partial charge < -0.3 is 14.3 Å². The van der Waals surface area contributed by atoms with E-state index in [-0.39, 0.29) is 17.9 Å². The second-order valence-corrected chi connectivity index (χ2v) is 17.7. The van der Waals surface area contributed by atoms with Gasteiger partial charge in [-0.05, 0) is 115 Å². The van der Waals surface area contributed by atoms with E-state index in [0.717, 1.165) is 28.7 Å². The van der Waals surface area contributed by atoms with Crippen LogP contribution in [0.1, 0.15) is 42.0 Å². The first-order chi connectivity index (χ1) is 31.6. The van der Waals surface area contributed by atoms with Crippen molar-refractivity contribution in [1.82, 2.24) is 9.88 Å². The van der Waals surface area contributed by atoms with E-state index >= 15 is 0 Å². The Morgan fingerprint density at radius 1 is 0.469 bits per heavy atom. The van der Waals surface area contributed by atoms with E-state index in [1.807, 2.05) is 0 Å². The molecule has 3 atom stereocenters. The van der Waals surface area contributed by atoms with Crippen molar-refractivity contribution in [3.63, 3.8) is 0 Å². The smallest absolute Gasteiger partial charge is 0.137 e. The monoisotopic (exact) mass is 820 g/mol. The van der Waals surface area contributed by atoms with Crippen molar-refractivity contribution < 1.29 is 4.42 Å². The molecule has 0 saturated heterocycles. The third-order valence-electron chi connectivity index (χ3n) is 14.2. The summed E-state index contributed by atoms with van der Waals surface area (Å²) in [7, 11) is 0. The lowest BCUT2D eigenvalue weighted by Gasteiger charge is -2.31. The van der Waals surface area contributed by atoms with Crippen LogP contribution in [0.2, 0.25) is 0 Å².